The molecule has 1 amide bonds. The standard InChI is InChI=1S/C29H37NO6/c1-22(2)27-20-35-29(31)30(27)28(36-21-34-19-24-11-6-5-7-12-24)23(3)10-8-9-17-33-18-25-13-15-26(32-4)16-14-25/h5-8,10-16,22,27H,9,17-21H2,1-4H3/b10-8+,28-23-/t27-/m1/s1. The summed E-state index contributed by atoms with van der Waals surface area (Å²) in [5, 5.41) is 0. The quantitative estimate of drug-likeness (QED) is 0.137. The van der Waals surface area contributed by atoms with Gasteiger partial charge in [0, 0.05) is 5.57 Å². The van der Waals surface area contributed by atoms with Crippen molar-refractivity contribution in [1.29, 1.82) is 0 Å². The van der Waals surface area contributed by atoms with Crippen molar-refractivity contribution in [2.45, 2.75) is 46.4 Å². The Labute approximate surface area is 214 Å². The predicted molar refractivity (Wildman–Crippen MR) is 138 cm³/mol. The summed E-state index contributed by atoms with van der Waals surface area (Å²) in [6.07, 6.45) is 4.29. The molecule has 0 bridgehead atoms. The fraction of sp³-hybridized carbons (Fsp3) is 0.414. The average Bonchev–Trinajstić information content (AvgIpc) is 3.28. The highest BCUT2D eigenvalue weighted by Gasteiger charge is 2.39. The number of carbonyl (C=O) groups is 1. The van der Waals surface area contributed by atoms with E-state index in [4.69, 9.17) is 23.7 Å². The van der Waals surface area contributed by atoms with Gasteiger partial charge in [0.15, 0.2) is 6.79 Å². The van der Waals surface area contributed by atoms with Gasteiger partial charge < -0.3 is 23.7 Å². The van der Waals surface area contributed by atoms with Gasteiger partial charge in [0.25, 0.3) is 0 Å². The molecule has 0 unspecified atom stereocenters. The molecule has 36 heavy (non-hydrogen) atoms. The lowest BCUT2D eigenvalue weighted by Gasteiger charge is -2.27. The number of allylic oxidation sites excluding steroid dienone is 2. The van der Waals surface area contributed by atoms with Crippen LogP contribution in [0.1, 0.15) is 38.3 Å². The van der Waals surface area contributed by atoms with Gasteiger partial charge in [0.05, 0.1) is 33.0 Å². The van der Waals surface area contributed by atoms with E-state index in [1.165, 1.54) is 0 Å². The Kier molecular flexibility index (Phi) is 10.9. The number of benzene rings is 2. The Hall–Kier alpha value is -3.29. The SMILES string of the molecule is COc1ccc(COCC/C=C/C(C)=C(\OCOCc2ccccc2)N2C(=O)OC[C@@H]2C(C)C)cc1. The van der Waals surface area contributed by atoms with E-state index in [-0.39, 0.29) is 18.8 Å². The Morgan fingerprint density at radius 3 is 2.44 bits per heavy atom. The summed E-state index contributed by atoms with van der Waals surface area (Å²) < 4.78 is 28.0. The zero-order valence-electron chi connectivity index (χ0n) is 21.6. The molecule has 1 saturated heterocycles. The highest BCUT2D eigenvalue weighted by molar-refractivity contribution is 5.72. The molecule has 7 heteroatoms. The number of hydrogen-bond acceptors (Lipinski definition) is 6. The summed E-state index contributed by atoms with van der Waals surface area (Å²) in [5.74, 6) is 1.50. The number of amides is 1. The molecule has 2 aromatic rings. The molecule has 0 radical (unpaired) electrons. The van der Waals surface area contributed by atoms with Crippen LogP contribution in [0, 0.1) is 5.92 Å². The van der Waals surface area contributed by atoms with Gasteiger partial charge in [-0.25, -0.2) is 9.69 Å². The molecular formula is C29H37NO6. The van der Waals surface area contributed by atoms with Gasteiger partial charge >= 0.3 is 6.09 Å². The molecule has 1 fully saturated rings. The molecule has 1 heterocycles. The summed E-state index contributed by atoms with van der Waals surface area (Å²) >= 11 is 0. The first-order valence-electron chi connectivity index (χ1n) is 12.3. The molecule has 0 saturated carbocycles. The first kappa shape index (κ1) is 27.3. The highest BCUT2D eigenvalue weighted by atomic mass is 16.7. The minimum Gasteiger partial charge on any atom is -0.497 e. The van der Waals surface area contributed by atoms with E-state index >= 15 is 0 Å². The first-order chi connectivity index (χ1) is 17.5. The van der Waals surface area contributed by atoms with Crippen molar-refractivity contribution in [2.24, 2.45) is 5.92 Å². The third-order valence-electron chi connectivity index (χ3n) is 5.85. The second-order valence-electron chi connectivity index (χ2n) is 8.93. The van der Waals surface area contributed by atoms with E-state index in [1.807, 2.05) is 73.7 Å². The molecule has 0 spiro atoms. The van der Waals surface area contributed by atoms with E-state index in [1.54, 1.807) is 12.0 Å². The van der Waals surface area contributed by atoms with Crippen molar-refractivity contribution in [3.05, 3.63) is 89.3 Å². The van der Waals surface area contributed by atoms with Crippen LogP contribution in [0.4, 0.5) is 4.79 Å². The second kappa shape index (κ2) is 14.3. The van der Waals surface area contributed by atoms with Gasteiger partial charge in [-0.1, -0.05) is 68.5 Å². The van der Waals surface area contributed by atoms with E-state index in [0.717, 1.165) is 28.9 Å². The van der Waals surface area contributed by atoms with Crippen molar-refractivity contribution in [3.63, 3.8) is 0 Å². The molecule has 1 aliphatic heterocycles. The number of carbonyl (C=O) groups excluding carboxylic acids is 1. The number of cyclic esters (lactones) is 1. The van der Waals surface area contributed by atoms with Crippen molar-refractivity contribution in [1.82, 2.24) is 4.90 Å². The number of ether oxygens (including phenoxy) is 5. The van der Waals surface area contributed by atoms with Crippen LogP contribution < -0.4 is 4.74 Å². The van der Waals surface area contributed by atoms with Crippen LogP contribution in [-0.4, -0.2) is 44.2 Å². The fourth-order valence-corrected chi connectivity index (χ4v) is 3.76. The van der Waals surface area contributed by atoms with Crippen molar-refractivity contribution in [2.75, 3.05) is 27.1 Å². The van der Waals surface area contributed by atoms with Crippen molar-refractivity contribution >= 4 is 6.09 Å². The minimum absolute atomic E-state index is 0.0228. The topological polar surface area (TPSA) is 66.5 Å². The molecular weight excluding hydrogens is 458 g/mol. The van der Waals surface area contributed by atoms with Crippen molar-refractivity contribution in [3.8, 4) is 5.75 Å². The first-order valence-corrected chi connectivity index (χ1v) is 12.3. The third-order valence-corrected chi connectivity index (χ3v) is 5.85. The number of hydrogen-bond donors (Lipinski definition) is 0. The van der Waals surface area contributed by atoms with Gasteiger partial charge in [0.2, 0.25) is 5.88 Å². The molecule has 0 aromatic heterocycles. The molecule has 0 aliphatic carbocycles. The summed E-state index contributed by atoms with van der Waals surface area (Å²) in [6.45, 7) is 7.95. The normalized spacial score (nSPS) is 16.4. The smallest absolute Gasteiger partial charge is 0.417 e. The van der Waals surface area contributed by atoms with Crippen LogP contribution in [-0.2, 0) is 32.2 Å². The second-order valence-corrected chi connectivity index (χ2v) is 8.93. The minimum atomic E-state index is -0.401. The Balaban J connectivity index is 1.57. The van der Waals surface area contributed by atoms with Gasteiger partial charge in [0.1, 0.15) is 12.4 Å². The molecule has 194 valence electrons. The number of methoxy groups -OCH3 is 1. The van der Waals surface area contributed by atoms with Crippen molar-refractivity contribution < 1.29 is 28.5 Å². The molecule has 1 atom stereocenters. The molecule has 2 aromatic carbocycles. The van der Waals surface area contributed by atoms with Crippen LogP contribution >= 0.6 is 0 Å². The Bertz CT molecular complexity index is 1000. The highest BCUT2D eigenvalue weighted by Crippen LogP contribution is 2.27. The van der Waals surface area contributed by atoms with Crippen LogP contribution in [0.25, 0.3) is 0 Å². The molecule has 7 nitrogen and oxygen atoms in total. The van der Waals surface area contributed by atoms with E-state index in [9.17, 15) is 4.79 Å². The van der Waals surface area contributed by atoms with Crippen LogP contribution in [0.15, 0.2) is 78.2 Å². The molecule has 3 rings (SSSR count). The summed E-state index contributed by atoms with van der Waals surface area (Å²) in [7, 11) is 1.65. The van der Waals surface area contributed by atoms with Gasteiger partial charge in [-0.05, 0) is 42.5 Å². The average molecular weight is 496 g/mol. The largest absolute Gasteiger partial charge is 0.497 e. The third kappa shape index (κ3) is 8.14. The monoisotopic (exact) mass is 495 g/mol. The van der Waals surface area contributed by atoms with Gasteiger partial charge in [-0.2, -0.15) is 0 Å². The van der Waals surface area contributed by atoms with E-state index in [0.29, 0.717) is 32.3 Å². The Morgan fingerprint density at radius 2 is 1.75 bits per heavy atom. The summed E-state index contributed by atoms with van der Waals surface area (Å²) in [5.41, 5.74) is 2.96. The summed E-state index contributed by atoms with van der Waals surface area (Å²) in [6, 6.07) is 17.6. The maximum Gasteiger partial charge on any atom is 0.417 e. The van der Waals surface area contributed by atoms with Gasteiger partial charge in [-0.15, -0.1) is 0 Å². The fourth-order valence-electron chi connectivity index (χ4n) is 3.76. The molecule has 0 N–H and O–H groups in total. The lowest BCUT2D eigenvalue weighted by atomic mass is 10.0. The lowest BCUT2D eigenvalue weighted by molar-refractivity contribution is -0.0537. The van der Waals surface area contributed by atoms with E-state index in [2.05, 4.69) is 13.8 Å². The van der Waals surface area contributed by atoms with Gasteiger partial charge in [-0.3, -0.25) is 0 Å². The maximum absolute atomic E-state index is 12.6. The van der Waals surface area contributed by atoms with Crippen LogP contribution in [0.5, 0.6) is 5.75 Å². The maximum atomic E-state index is 12.6. The Morgan fingerprint density at radius 1 is 1.06 bits per heavy atom. The predicted octanol–water partition coefficient (Wildman–Crippen LogP) is 6.06. The molecule has 1 aliphatic rings. The number of rotatable bonds is 14. The lowest BCUT2D eigenvalue weighted by Crippen LogP contribution is -2.38. The van der Waals surface area contributed by atoms with Crippen LogP contribution in [0.2, 0.25) is 0 Å². The number of nitrogens with zero attached hydrogens (tertiary/aromatic N) is 1. The summed E-state index contributed by atoms with van der Waals surface area (Å²) in [4.78, 5) is 14.2. The zero-order chi connectivity index (χ0) is 25.8. The van der Waals surface area contributed by atoms with E-state index < -0.39 is 6.09 Å². The zero-order valence-corrected chi connectivity index (χ0v) is 21.6. The van der Waals surface area contributed by atoms with Crippen LogP contribution in [0.3, 0.4) is 0 Å².